The highest BCUT2D eigenvalue weighted by atomic mass is 16.5. The molecule has 31 heavy (non-hydrogen) atoms. The molecule has 0 fully saturated rings. The first kappa shape index (κ1) is 23.3. The van der Waals surface area contributed by atoms with Crippen molar-refractivity contribution in [1.29, 1.82) is 0 Å². The van der Waals surface area contributed by atoms with Gasteiger partial charge in [-0.15, -0.1) is 0 Å². The number of aryl methyl sites for hydroxylation is 1. The van der Waals surface area contributed by atoms with Gasteiger partial charge in [-0.3, -0.25) is 0 Å². The molecule has 0 aliphatic heterocycles. The Hall–Kier alpha value is -2.33. The molecule has 0 saturated carbocycles. The summed E-state index contributed by atoms with van der Waals surface area (Å²) in [4.78, 5) is 4.59. The topological polar surface area (TPSA) is 47.3 Å². The van der Waals surface area contributed by atoms with Gasteiger partial charge in [0.15, 0.2) is 0 Å². The normalized spacial score (nSPS) is 13.5. The number of benzene rings is 2. The number of aromatic nitrogens is 2. The average Bonchev–Trinajstić information content (AvgIpc) is 3.07. The summed E-state index contributed by atoms with van der Waals surface area (Å²) >= 11 is 0. The molecule has 1 heterocycles. The monoisotopic (exact) mass is 422 g/mol. The Labute approximate surface area is 187 Å². The second kappa shape index (κ2) is 9.04. The number of hydrogen-bond donors (Lipinski definition) is 1. The predicted molar refractivity (Wildman–Crippen MR) is 129 cm³/mol. The first-order valence-corrected chi connectivity index (χ1v) is 11.5. The zero-order valence-electron chi connectivity index (χ0n) is 20.2. The SMILES string of the molecule is CCC(C)(C)c1ccc(OCC(O)Cn2c(C)nc3ccccc32)c(C(C)(C)CC)c1. The van der Waals surface area contributed by atoms with Crippen LogP contribution >= 0.6 is 0 Å². The zero-order valence-corrected chi connectivity index (χ0v) is 20.2. The second-order valence-electron chi connectivity index (χ2n) is 9.91. The van der Waals surface area contributed by atoms with Crippen molar-refractivity contribution in [3.8, 4) is 5.75 Å². The molecule has 3 aromatic rings. The summed E-state index contributed by atoms with van der Waals surface area (Å²) in [6, 6.07) is 14.6. The highest BCUT2D eigenvalue weighted by molar-refractivity contribution is 5.75. The average molecular weight is 423 g/mol. The van der Waals surface area contributed by atoms with E-state index in [1.165, 1.54) is 11.1 Å². The lowest BCUT2D eigenvalue weighted by atomic mass is 9.76. The van der Waals surface area contributed by atoms with E-state index in [4.69, 9.17) is 4.74 Å². The molecule has 0 aliphatic rings. The Morgan fingerprint density at radius 1 is 1.00 bits per heavy atom. The highest BCUT2D eigenvalue weighted by Gasteiger charge is 2.27. The minimum Gasteiger partial charge on any atom is -0.491 e. The zero-order chi connectivity index (χ0) is 22.8. The molecule has 0 saturated heterocycles. The first-order valence-electron chi connectivity index (χ1n) is 11.5. The van der Waals surface area contributed by atoms with E-state index in [2.05, 4.69) is 69.3 Å². The lowest BCUT2D eigenvalue weighted by molar-refractivity contribution is 0.0918. The molecule has 4 heteroatoms. The lowest BCUT2D eigenvalue weighted by Crippen LogP contribution is -2.26. The molecule has 0 amide bonds. The summed E-state index contributed by atoms with van der Waals surface area (Å²) in [6.07, 6.45) is 1.47. The van der Waals surface area contributed by atoms with Crippen molar-refractivity contribution in [2.24, 2.45) is 0 Å². The van der Waals surface area contributed by atoms with Gasteiger partial charge in [0.1, 0.15) is 24.3 Å². The molecule has 168 valence electrons. The fourth-order valence-corrected chi connectivity index (χ4v) is 3.88. The quantitative estimate of drug-likeness (QED) is 0.449. The molecule has 0 radical (unpaired) electrons. The third-order valence-electron chi connectivity index (χ3n) is 6.93. The standard InChI is InChI=1S/C27H38N2O2/c1-8-26(4,5)20-14-15-25(22(16-20)27(6,7)9-2)31-18-21(30)17-29-19(3)28-23-12-10-11-13-24(23)29/h10-16,21,30H,8-9,17-18H2,1-7H3. The molecule has 0 spiro atoms. The van der Waals surface area contributed by atoms with Gasteiger partial charge in [-0.1, -0.05) is 65.8 Å². The summed E-state index contributed by atoms with van der Waals surface area (Å²) in [7, 11) is 0. The number of rotatable bonds is 9. The molecular weight excluding hydrogens is 384 g/mol. The maximum absolute atomic E-state index is 10.8. The lowest BCUT2D eigenvalue weighted by Gasteiger charge is -2.30. The van der Waals surface area contributed by atoms with E-state index in [1.807, 2.05) is 31.2 Å². The summed E-state index contributed by atoms with van der Waals surface area (Å²) < 4.78 is 8.27. The summed E-state index contributed by atoms with van der Waals surface area (Å²) in [5.74, 6) is 1.77. The van der Waals surface area contributed by atoms with E-state index >= 15 is 0 Å². The summed E-state index contributed by atoms with van der Waals surface area (Å²) in [5.41, 5.74) is 4.66. The third-order valence-corrected chi connectivity index (χ3v) is 6.93. The fraction of sp³-hybridized carbons (Fsp3) is 0.519. The van der Waals surface area contributed by atoms with Crippen molar-refractivity contribution >= 4 is 11.0 Å². The van der Waals surface area contributed by atoms with Crippen molar-refractivity contribution in [3.63, 3.8) is 0 Å². The van der Waals surface area contributed by atoms with Gasteiger partial charge in [-0.2, -0.15) is 0 Å². The molecule has 4 nitrogen and oxygen atoms in total. The van der Waals surface area contributed by atoms with Crippen LogP contribution in [0.25, 0.3) is 11.0 Å². The van der Waals surface area contributed by atoms with Crippen molar-refractivity contribution in [2.45, 2.75) is 84.8 Å². The van der Waals surface area contributed by atoms with E-state index < -0.39 is 6.10 Å². The van der Waals surface area contributed by atoms with E-state index in [9.17, 15) is 5.11 Å². The van der Waals surface area contributed by atoms with Crippen LogP contribution in [0.4, 0.5) is 0 Å². The third kappa shape index (κ3) is 4.95. The number of ether oxygens (including phenoxy) is 1. The Bertz CT molecular complexity index is 1030. The van der Waals surface area contributed by atoms with Crippen LogP contribution in [0.1, 0.15) is 71.3 Å². The molecule has 1 unspecified atom stereocenters. The molecule has 1 atom stereocenters. The van der Waals surface area contributed by atoms with Crippen molar-refractivity contribution < 1.29 is 9.84 Å². The number of aliphatic hydroxyl groups is 1. The van der Waals surface area contributed by atoms with Gasteiger partial charge in [0.25, 0.3) is 0 Å². The van der Waals surface area contributed by atoms with Gasteiger partial charge in [-0.05, 0) is 54.4 Å². The van der Waals surface area contributed by atoms with E-state index in [-0.39, 0.29) is 17.4 Å². The van der Waals surface area contributed by atoms with Crippen LogP contribution in [0.15, 0.2) is 42.5 Å². The van der Waals surface area contributed by atoms with E-state index in [0.29, 0.717) is 6.54 Å². The highest BCUT2D eigenvalue weighted by Crippen LogP contribution is 2.38. The minimum atomic E-state index is -0.624. The maximum Gasteiger partial charge on any atom is 0.123 e. The molecule has 0 bridgehead atoms. The Kier molecular flexibility index (Phi) is 6.80. The van der Waals surface area contributed by atoms with Crippen molar-refractivity contribution in [3.05, 3.63) is 59.4 Å². The van der Waals surface area contributed by atoms with Gasteiger partial charge >= 0.3 is 0 Å². The number of fused-ring (bicyclic) bond motifs is 1. The van der Waals surface area contributed by atoms with Crippen LogP contribution in [-0.4, -0.2) is 27.4 Å². The first-order chi connectivity index (χ1) is 14.6. The van der Waals surface area contributed by atoms with Crippen LogP contribution < -0.4 is 4.74 Å². The molecule has 1 aromatic heterocycles. The summed E-state index contributed by atoms with van der Waals surface area (Å²) in [6.45, 7) is 16.2. The van der Waals surface area contributed by atoms with Gasteiger partial charge < -0.3 is 14.4 Å². The summed E-state index contributed by atoms with van der Waals surface area (Å²) in [5, 5.41) is 10.8. The smallest absolute Gasteiger partial charge is 0.123 e. The van der Waals surface area contributed by atoms with Crippen molar-refractivity contribution in [2.75, 3.05) is 6.61 Å². The largest absolute Gasteiger partial charge is 0.491 e. The van der Waals surface area contributed by atoms with Gasteiger partial charge in [0.2, 0.25) is 0 Å². The Balaban J connectivity index is 1.81. The Morgan fingerprint density at radius 3 is 2.35 bits per heavy atom. The number of aliphatic hydroxyl groups excluding tert-OH is 1. The maximum atomic E-state index is 10.8. The second-order valence-corrected chi connectivity index (χ2v) is 9.91. The van der Waals surface area contributed by atoms with Gasteiger partial charge in [0, 0.05) is 5.56 Å². The van der Waals surface area contributed by atoms with Gasteiger partial charge in [0.05, 0.1) is 17.6 Å². The van der Waals surface area contributed by atoms with Crippen LogP contribution in [0.3, 0.4) is 0 Å². The van der Waals surface area contributed by atoms with Crippen molar-refractivity contribution in [1.82, 2.24) is 9.55 Å². The number of hydrogen-bond acceptors (Lipinski definition) is 3. The number of nitrogens with zero attached hydrogens (tertiary/aromatic N) is 2. The minimum absolute atomic E-state index is 0.00272. The molecule has 2 aromatic carbocycles. The van der Waals surface area contributed by atoms with Gasteiger partial charge in [-0.25, -0.2) is 4.98 Å². The Morgan fingerprint density at radius 2 is 1.68 bits per heavy atom. The molecule has 0 aliphatic carbocycles. The van der Waals surface area contributed by atoms with Crippen LogP contribution in [0.2, 0.25) is 0 Å². The van der Waals surface area contributed by atoms with Crippen LogP contribution in [0, 0.1) is 6.92 Å². The molecule has 3 rings (SSSR count). The van der Waals surface area contributed by atoms with Crippen LogP contribution in [-0.2, 0) is 17.4 Å². The molecular formula is C27H38N2O2. The van der Waals surface area contributed by atoms with Crippen LogP contribution in [0.5, 0.6) is 5.75 Å². The number of imidazole rings is 1. The fourth-order valence-electron chi connectivity index (χ4n) is 3.88. The van der Waals surface area contributed by atoms with E-state index in [0.717, 1.165) is 35.4 Å². The predicted octanol–water partition coefficient (Wildman–Crippen LogP) is 6.16. The molecule has 1 N–H and O–H groups in total. The van der Waals surface area contributed by atoms with E-state index in [1.54, 1.807) is 0 Å². The number of para-hydroxylation sites is 2.